The average Bonchev–Trinajstić information content (AvgIpc) is 2.88. The van der Waals surface area contributed by atoms with Crippen LogP contribution in [0.5, 0.6) is 17.2 Å². The van der Waals surface area contributed by atoms with E-state index >= 15 is 0 Å². The van der Waals surface area contributed by atoms with Gasteiger partial charge in [-0.1, -0.05) is 28.1 Å². The van der Waals surface area contributed by atoms with Crippen LogP contribution in [-0.2, 0) is 13.1 Å². The Balaban J connectivity index is 1.62. The van der Waals surface area contributed by atoms with Crippen LogP contribution in [0.2, 0.25) is 0 Å². The third-order valence-corrected chi connectivity index (χ3v) is 3.66. The SMILES string of the molecule is Oc1cc2c(cc1CNCc1ccc(Br)cc1)OCO2. The highest BCUT2D eigenvalue weighted by molar-refractivity contribution is 9.10. The van der Waals surface area contributed by atoms with Crippen LogP contribution in [0.3, 0.4) is 0 Å². The Morgan fingerprint density at radius 1 is 1.05 bits per heavy atom. The van der Waals surface area contributed by atoms with Gasteiger partial charge in [-0.15, -0.1) is 0 Å². The summed E-state index contributed by atoms with van der Waals surface area (Å²) in [5.74, 6) is 1.50. The Kier molecular flexibility index (Phi) is 3.80. The Morgan fingerprint density at radius 2 is 1.75 bits per heavy atom. The third-order valence-electron chi connectivity index (χ3n) is 3.13. The van der Waals surface area contributed by atoms with Gasteiger partial charge in [0.25, 0.3) is 0 Å². The molecule has 2 N–H and O–H groups in total. The molecule has 0 spiro atoms. The molecule has 0 fully saturated rings. The first-order valence-corrected chi connectivity index (χ1v) is 7.08. The number of fused-ring (bicyclic) bond motifs is 1. The summed E-state index contributed by atoms with van der Waals surface area (Å²) in [6.07, 6.45) is 0. The van der Waals surface area contributed by atoms with E-state index < -0.39 is 0 Å². The first-order valence-electron chi connectivity index (χ1n) is 6.29. The second-order valence-electron chi connectivity index (χ2n) is 4.56. The topological polar surface area (TPSA) is 50.7 Å². The molecule has 0 aliphatic carbocycles. The quantitative estimate of drug-likeness (QED) is 0.901. The highest BCUT2D eigenvalue weighted by Crippen LogP contribution is 2.37. The van der Waals surface area contributed by atoms with Gasteiger partial charge in [-0.2, -0.15) is 0 Å². The van der Waals surface area contributed by atoms with Crippen molar-refractivity contribution < 1.29 is 14.6 Å². The first kappa shape index (κ1) is 13.3. The normalized spacial score (nSPS) is 12.7. The van der Waals surface area contributed by atoms with Gasteiger partial charge >= 0.3 is 0 Å². The Labute approximate surface area is 125 Å². The molecule has 0 bridgehead atoms. The summed E-state index contributed by atoms with van der Waals surface area (Å²) in [5, 5.41) is 13.2. The molecule has 2 aromatic carbocycles. The highest BCUT2D eigenvalue weighted by Gasteiger charge is 2.16. The zero-order valence-corrected chi connectivity index (χ0v) is 12.3. The minimum atomic E-state index is 0.213. The van der Waals surface area contributed by atoms with Crippen molar-refractivity contribution in [3.8, 4) is 17.2 Å². The molecule has 1 heterocycles. The van der Waals surface area contributed by atoms with E-state index in [9.17, 15) is 5.11 Å². The molecule has 0 saturated carbocycles. The van der Waals surface area contributed by atoms with Crippen LogP contribution >= 0.6 is 15.9 Å². The van der Waals surface area contributed by atoms with E-state index in [0.29, 0.717) is 18.0 Å². The van der Waals surface area contributed by atoms with Crippen LogP contribution in [0.4, 0.5) is 0 Å². The van der Waals surface area contributed by atoms with Gasteiger partial charge in [0, 0.05) is 29.2 Å². The maximum absolute atomic E-state index is 9.93. The van der Waals surface area contributed by atoms with Gasteiger partial charge in [0.05, 0.1) is 0 Å². The van der Waals surface area contributed by atoms with E-state index in [-0.39, 0.29) is 12.5 Å². The number of hydrogen-bond donors (Lipinski definition) is 2. The fraction of sp³-hybridized carbons (Fsp3) is 0.200. The lowest BCUT2D eigenvalue weighted by molar-refractivity contribution is 0.174. The molecule has 0 atom stereocenters. The van der Waals surface area contributed by atoms with Crippen molar-refractivity contribution in [3.63, 3.8) is 0 Å². The molecular weight excluding hydrogens is 322 g/mol. The molecular formula is C15H14BrNO3. The summed E-state index contributed by atoms with van der Waals surface area (Å²) in [6, 6.07) is 11.5. The van der Waals surface area contributed by atoms with Crippen LogP contribution in [0.25, 0.3) is 0 Å². The summed E-state index contributed by atoms with van der Waals surface area (Å²) in [4.78, 5) is 0. The second-order valence-corrected chi connectivity index (χ2v) is 5.48. The van der Waals surface area contributed by atoms with Crippen LogP contribution in [-0.4, -0.2) is 11.9 Å². The fourth-order valence-corrected chi connectivity index (χ4v) is 2.32. The number of phenolic OH excluding ortho intramolecular Hbond substituents is 1. The van der Waals surface area contributed by atoms with Crippen molar-refractivity contribution >= 4 is 15.9 Å². The fourth-order valence-electron chi connectivity index (χ4n) is 2.06. The summed E-state index contributed by atoms with van der Waals surface area (Å²) < 4.78 is 11.6. The monoisotopic (exact) mass is 335 g/mol. The minimum Gasteiger partial charge on any atom is -0.507 e. The van der Waals surface area contributed by atoms with E-state index in [2.05, 4.69) is 33.4 Å². The largest absolute Gasteiger partial charge is 0.507 e. The predicted molar refractivity (Wildman–Crippen MR) is 78.9 cm³/mol. The van der Waals surface area contributed by atoms with Crippen molar-refractivity contribution in [1.82, 2.24) is 5.32 Å². The predicted octanol–water partition coefficient (Wildman–Crippen LogP) is 3.17. The lowest BCUT2D eigenvalue weighted by Crippen LogP contribution is -2.12. The van der Waals surface area contributed by atoms with E-state index in [1.54, 1.807) is 6.07 Å². The Morgan fingerprint density at radius 3 is 2.50 bits per heavy atom. The van der Waals surface area contributed by atoms with E-state index in [0.717, 1.165) is 16.6 Å². The van der Waals surface area contributed by atoms with Gasteiger partial charge in [0.15, 0.2) is 11.5 Å². The lowest BCUT2D eigenvalue weighted by atomic mass is 10.1. The minimum absolute atomic E-state index is 0.213. The molecule has 1 aliphatic rings. The van der Waals surface area contributed by atoms with Gasteiger partial charge in [0.1, 0.15) is 5.75 Å². The molecule has 0 amide bonds. The molecule has 0 saturated heterocycles. The molecule has 0 unspecified atom stereocenters. The summed E-state index contributed by atoms with van der Waals surface area (Å²) >= 11 is 3.41. The molecule has 4 nitrogen and oxygen atoms in total. The highest BCUT2D eigenvalue weighted by atomic mass is 79.9. The molecule has 2 aromatic rings. The molecule has 104 valence electrons. The van der Waals surface area contributed by atoms with Gasteiger partial charge in [-0.25, -0.2) is 0 Å². The number of halogens is 1. The van der Waals surface area contributed by atoms with Crippen molar-refractivity contribution in [2.75, 3.05) is 6.79 Å². The van der Waals surface area contributed by atoms with Gasteiger partial charge < -0.3 is 19.9 Å². The van der Waals surface area contributed by atoms with Crippen molar-refractivity contribution in [3.05, 3.63) is 52.0 Å². The summed E-state index contributed by atoms with van der Waals surface area (Å²) in [5.41, 5.74) is 1.99. The Bertz CT molecular complexity index is 613. The van der Waals surface area contributed by atoms with Crippen molar-refractivity contribution in [2.45, 2.75) is 13.1 Å². The summed E-state index contributed by atoms with van der Waals surface area (Å²) in [7, 11) is 0. The third kappa shape index (κ3) is 2.89. The van der Waals surface area contributed by atoms with Crippen LogP contribution in [0, 0.1) is 0 Å². The average molecular weight is 336 g/mol. The molecule has 20 heavy (non-hydrogen) atoms. The van der Waals surface area contributed by atoms with E-state index in [1.807, 2.05) is 18.2 Å². The van der Waals surface area contributed by atoms with Crippen LogP contribution in [0.15, 0.2) is 40.9 Å². The molecule has 5 heteroatoms. The first-order chi connectivity index (χ1) is 9.72. The van der Waals surface area contributed by atoms with Crippen LogP contribution in [0.1, 0.15) is 11.1 Å². The zero-order chi connectivity index (χ0) is 13.9. The van der Waals surface area contributed by atoms with Gasteiger partial charge in [-0.3, -0.25) is 0 Å². The zero-order valence-electron chi connectivity index (χ0n) is 10.7. The smallest absolute Gasteiger partial charge is 0.231 e. The number of hydrogen-bond acceptors (Lipinski definition) is 4. The lowest BCUT2D eigenvalue weighted by Gasteiger charge is -2.08. The number of phenols is 1. The molecule has 0 radical (unpaired) electrons. The van der Waals surface area contributed by atoms with Gasteiger partial charge in [-0.05, 0) is 23.8 Å². The maximum Gasteiger partial charge on any atom is 0.231 e. The number of ether oxygens (including phenoxy) is 2. The van der Waals surface area contributed by atoms with E-state index in [1.165, 1.54) is 5.56 Å². The Hall–Kier alpha value is -1.72. The molecule has 3 rings (SSSR count). The van der Waals surface area contributed by atoms with Crippen molar-refractivity contribution in [1.29, 1.82) is 0 Å². The van der Waals surface area contributed by atoms with Gasteiger partial charge in [0.2, 0.25) is 6.79 Å². The number of benzene rings is 2. The number of rotatable bonds is 4. The second kappa shape index (κ2) is 5.73. The number of aromatic hydroxyl groups is 1. The van der Waals surface area contributed by atoms with E-state index in [4.69, 9.17) is 9.47 Å². The van der Waals surface area contributed by atoms with Crippen molar-refractivity contribution in [2.24, 2.45) is 0 Å². The summed E-state index contributed by atoms with van der Waals surface area (Å²) in [6.45, 7) is 1.52. The maximum atomic E-state index is 9.93. The molecule has 0 aromatic heterocycles. The molecule has 1 aliphatic heterocycles. The standard InChI is InChI=1S/C15H14BrNO3/c16-12-3-1-10(2-4-12)7-17-8-11-5-14-15(6-13(11)18)20-9-19-14/h1-6,17-18H,7-9H2. The number of nitrogens with one attached hydrogen (secondary N) is 1. The van der Waals surface area contributed by atoms with Crippen LogP contribution < -0.4 is 14.8 Å².